The molecule has 1 saturated heterocycles. The van der Waals surface area contributed by atoms with E-state index in [0.29, 0.717) is 11.3 Å². The van der Waals surface area contributed by atoms with Crippen molar-refractivity contribution in [2.24, 2.45) is 0 Å². The van der Waals surface area contributed by atoms with E-state index in [-0.39, 0.29) is 5.91 Å². The Bertz CT molecular complexity index is 829. The lowest BCUT2D eigenvalue weighted by molar-refractivity contribution is 0.0704. The molecule has 2 aromatic rings. The second-order valence-electron chi connectivity index (χ2n) is 8.02. The van der Waals surface area contributed by atoms with Crippen molar-refractivity contribution in [3.05, 3.63) is 40.9 Å². The van der Waals surface area contributed by atoms with Crippen LogP contribution in [0.15, 0.2) is 27.9 Å². The molecule has 31 heavy (non-hydrogen) atoms. The summed E-state index contributed by atoms with van der Waals surface area (Å²) >= 11 is 1.57. The zero-order chi connectivity index (χ0) is 22.2. The number of nitrogens with zero attached hydrogens (tertiary/aromatic N) is 5. The van der Waals surface area contributed by atoms with Gasteiger partial charge < -0.3 is 14.3 Å². The van der Waals surface area contributed by atoms with Crippen molar-refractivity contribution in [1.82, 2.24) is 24.8 Å². The molecule has 0 aliphatic carbocycles. The lowest BCUT2D eigenvalue weighted by Gasteiger charge is -2.35. The van der Waals surface area contributed by atoms with Gasteiger partial charge in [-0.2, -0.15) is 0 Å². The van der Waals surface area contributed by atoms with Gasteiger partial charge in [0, 0.05) is 63.3 Å². The van der Waals surface area contributed by atoms with Crippen LogP contribution in [0.3, 0.4) is 0 Å². The van der Waals surface area contributed by atoms with Gasteiger partial charge in [-0.1, -0.05) is 19.0 Å². The van der Waals surface area contributed by atoms with Crippen LogP contribution < -0.4 is 0 Å². The lowest BCUT2D eigenvalue weighted by atomic mass is 10.2. The SMILES string of the molecule is CCCN(CCN1CCN(CC)CC1)C(=O)c1cccnc1SCc1c(C)noc1C. The van der Waals surface area contributed by atoms with Gasteiger partial charge in [0.15, 0.2) is 0 Å². The predicted molar refractivity (Wildman–Crippen MR) is 125 cm³/mol. The first kappa shape index (κ1) is 23.8. The molecule has 1 aliphatic rings. The van der Waals surface area contributed by atoms with Crippen LogP contribution in [0.25, 0.3) is 0 Å². The number of piperazine rings is 1. The van der Waals surface area contributed by atoms with Crippen LogP contribution in [0.1, 0.15) is 47.6 Å². The minimum Gasteiger partial charge on any atom is -0.361 e. The molecule has 170 valence electrons. The van der Waals surface area contributed by atoms with Gasteiger partial charge in [-0.25, -0.2) is 4.98 Å². The molecular weight excluding hydrogens is 410 g/mol. The molecule has 8 heteroatoms. The quantitative estimate of drug-likeness (QED) is 0.519. The Morgan fingerprint density at radius 1 is 1.16 bits per heavy atom. The topological polar surface area (TPSA) is 65.7 Å². The molecule has 0 N–H and O–H groups in total. The summed E-state index contributed by atoms with van der Waals surface area (Å²) in [5, 5.41) is 4.79. The van der Waals surface area contributed by atoms with Crippen molar-refractivity contribution in [2.45, 2.75) is 44.9 Å². The molecule has 0 aromatic carbocycles. The van der Waals surface area contributed by atoms with Crippen LogP contribution in [0.5, 0.6) is 0 Å². The number of likely N-dealkylation sites (N-methyl/N-ethyl adjacent to an activating group) is 1. The third kappa shape index (κ3) is 6.30. The number of thioether (sulfide) groups is 1. The average Bonchev–Trinajstić information content (AvgIpc) is 3.12. The zero-order valence-electron chi connectivity index (χ0n) is 19.3. The fraction of sp³-hybridized carbons (Fsp3) is 0.609. The maximum absolute atomic E-state index is 13.4. The van der Waals surface area contributed by atoms with Crippen molar-refractivity contribution >= 4 is 17.7 Å². The summed E-state index contributed by atoms with van der Waals surface area (Å²) in [6.07, 6.45) is 2.70. The van der Waals surface area contributed by atoms with Crippen LogP contribution in [-0.4, -0.2) is 83.1 Å². The number of pyridine rings is 1. The van der Waals surface area contributed by atoms with Gasteiger partial charge >= 0.3 is 0 Å². The number of aryl methyl sites for hydroxylation is 2. The molecule has 2 aromatic heterocycles. The van der Waals surface area contributed by atoms with E-state index < -0.39 is 0 Å². The number of hydrogen-bond acceptors (Lipinski definition) is 7. The summed E-state index contributed by atoms with van der Waals surface area (Å²) < 4.78 is 5.27. The van der Waals surface area contributed by atoms with E-state index in [9.17, 15) is 4.79 Å². The maximum Gasteiger partial charge on any atom is 0.256 e. The molecule has 3 heterocycles. The van der Waals surface area contributed by atoms with E-state index in [0.717, 1.165) is 80.8 Å². The Labute approximate surface area is 190 Å². The number of amides is 1. The van der Waals surface area contributed by atoms with E-state index >= 15 is 0 Å². The first-order chi connectivity index (χ1) is 15.0. The molecule has 1 fully saturated rings. The lowest BCUT2D eigenvalue weighted by Crippen LogP contribution is -2.48. The zero-order valence-corrected chi connectivity index (χ0v) is 20.1. The minimum atomic E-state index is 0.0726. The summed E-state index contributed by atoms with van der Waals surface area (Å²) in [5.41, 5.74) is 2.65. The molecule has 1 aliphatic heterocycles. The number of hydrogen-bond donors (Lipinski definition) is 0. The number of aromatic nitrogens is 2. The summed E-state index contributed by atoms with van der Waals surface area (Å²) in [6.45, 7) is 16.1. The minimum absolute atomic E-state index is 0.0726. The van der Waals surface area contributed by atoms with Crippen LogP contribution in [-0.2, 0) is 5.75 Å². The Morgan fingerprint density at radius 2 is 1.90 bits per heavy atom. The van der Waals surface area contributed by atoms with Gasteiger partial charge in [0.05, 0.1) is 11.3 Å². The van der Waals surface area contributed by atoms with E-state index in [1.54, 1.807) is 18.0 Å². The fourth-order valence-corrected chi connectivity index (χ4v) is 5.00. The first-order valence-electron chi connectivity index (χ1n) is 11.3. The fourth-order valence-electron chi connectivity index (χ4n) is 3.86. The highest BCUT2D eigenvalue weighted by atomic mass is 32.2. The molecule has 0 radical (unpaired) electrons. The van der Waals surface area contributed by atoms with E-state index in [4.69, 9.17) is 4.52 Å². The van der Waals surface area contributed by atoms with Crippen molar-refractivity contribution < 1.29 is 9.32 Å². The molecular formula is C23H35N5O2S. The van der Waals surface area contributed by atoms with Gasteiger partial charge in [-0.15, -0.1) is 11.8 Å². The van der Waals surface area contributed by atoms with Crippen molar-refractivity contribution in [3.63, 3.8) is 0 Å². The Morgan fingerprint density at radius 3 is 2.55 bits per heavy atom. The van der Waals surface area contributed by atoms with Crippen LogP contribution in [0.4, 0.5) is 0 Å². The third-order valence-electron chi connectivity index (χ3n) is 5.92. The molecule has 7 nitrogen and oxygen atoms in total. The first-order valence-corrected chi connectivity index (χ1v) is 12.3. The third-order valence-corrected chi connectivity index (χ3v) is 6.95. The number of rotatable bonds is 10. The summed E-state index contributed by atoms with van der Waals surface area (Å²) in [7, 11) is 0. The average molecular weight is 446 g/mol. The maximum atomic E-state index is 13.4. The van der Waals surface area contributed by atoms with Gasteiger partial charge in [0.2, 0.25) is 0 Å². The van der Waals surface area contributed by atoms with Crippen LogP contribution >= 0.6 is 11.8 Å². The van der Waals surface area contributed by atoms with Crippen molar-refractivity contribution in [3.8, 4) is 0 Å². The molecule has 1 amide bonds. The second kappa shape index (κ2) is 11.6. The van der Waals surface area contributed by atoms with Crippen molar-refractivity contribution in [1.29, 1.82) is 0 Å². The standard InChI is InChI=1S/C23H35N5O2S/c1-5-10-28(16-15-27-13-11-26(6-2)12-14-27)23(29)20-8-7-9-24-22(20)31-17-21-18(3)25-30-19(21)4/h7-9H,5-6,10-17H2,1-4H3. The monoisotopic (exact) mass is 445 g/mol. The van der Waals surface area contributed by atoms with Crippen LogP contribution in [0.2, 0.25) is 0 Å². The van der Waals surface area contributed by atoms with Gasteiger partial charge in [-0.3, -0.25) is 9.69 Å². The summed E-state index contributed by atoms with van der Waals surface area (Å²) in [5.74, 6) is 1.58. The number of carbonyl (C=O) groups excluding carboxylic acids is 1. The Hall–Kier alpha value is -1.90. The predicted octanol–water partition coefficient (Wildman–Crippen LogP) is 3.47. The normalized spacial score (nSPS) is 15.4. The van der Waals surface area contributed by atoms with Gasteiger partial charge in [-0.05, 0) is 38.9 Å². The molecule has 0 saturated carbocycles. The Balaban J connectivity index is 1.64. The largest absolute Gasteiger partial charge is 0.361 e. The molecule has 0 bridgehead atoms. The van der Waals surface area contributed by atoms with Crippen molar-refractivity contribution in [2.75, 3.05) is 52.4 Å². The van der Waals surface area contributed by atoms with E-state index in [1.807, 2.05) is 30.9 Å². The van der Waals surface area contributed by atoms with E-state index in [1.165, 1.54) is 0 Å². The molecule has 0 atom stereocenters. The summed E-state index contributed by atoms with van der Waals surface area (Å²) in [6, 6.07) is 3.75. The molecule has 0 unspecified atom stereocenters. The van der Waals surface area contributed by atoms with Gasteiger partial charge in [0.1, 0.15) is 10.8 Å². The Kier molecular flexibility index (Phi) is 8.92. The highest BCUT2D eigenvalue weighted by molar-refractivity contribution is 7.98. The summed E-state index contributed by atoms with van der Waals surface area (Å²) in [4.78, 5) is 24.9. The highest BCUT2D eigenvalue weighted by Gasteiger charge is 2.22. The van der Waals surface area contributed by atoms with E-state index in [2.05, 4.69) is 33.8 Å². The second-order valence-corrected chi connectivity index (χ2v) is 8.98. The van der Waals surface area contributed by atoms with Crippen LogP contribution in [0, 0.1) is 13.8 Å². The number of carbonyl (C=O) groups is 1. The molecule has 3 rings (SSSR count). The highest BCUT2D eigenvalue weighted by Crippen LogP contribution is 2.28. The smallest absolute Gasteiger partial charge is 0.256 e. The molecule has 0 spiro atoms. The van der Waals surface area contributed by atoms with Gasteiger partial charge in [0.25, 0.3) is 5.91 Å².